The highest BCUT2D eigenvalue weighted by atomic mass is 16.5. The maximum absolute atomic E-state index is 5.67. The van der Waals surface area contributed by atoms with Crippen molar-refractivity contribution >= 4 is 10.9 Å². The van der Waals surface area contributed by atoms with Crippen molar-refractivity contribution in [2.45, 2.75) is 26.3 Å². The number of nitrogens with zero attached hydrogens (tertiary/aromatic N) is 1. The van der Waals surface area contributed by atoms with E-state index in [1.807, 2.05) is 6.92 Å². The molecule has 0 aliphatic rings. The third-order valence-corrected chi connectivity index (χ3v) is 3.18. The Morgan fingerprint density at radius 3 is 2.89 bits per heavy atom. The first-order valence-corrected chi connectivity index (χ1v) is 6.71. The summed E-state index contributed by atoms with van der Waals surface area (Å²) >= 11 is 0. The predicted molar refractivity (Wildman–Crippen MR) is 75.8 cm³/mol. The van der Waals surface area contributed by atoms with Crippen molar-refractivity contribution in [2.75, 3.05) is 19.8 Å². The molecule has 2 aromatic rings. The van der Waals surface area contributed by atoms with Gasteiger partial charge in [0.25, 0.3) is 0 Å². The fraction of sp³-hybridized carbons (Fsp3) is 0.467. The third kappa shape index (κ3) is 2.92. The van der Waals surface area contributed by atoms with Crippen molar-refractivity contribution in [2.24, 2.45) is 5.73 Å². The van der Waals surface area contributed by atoms with Crippen LogP contribution in [0.15, 0.2) is 30.5 Å². The zero-order valence-corrected chi connectivity index (χ0v) is 11.1. The Labute approximate surface area is 109 Å². The van der Waals surface area contributed by atoms with Gasteiger partial charge in [-0.05, 0) is 37.9 Å². The lowest BCUT2D eigenvalue weighted by Gasteiger charge is -2.05. The first-order chi connectivity index (χ1) is 8.86. The lowest BCUT2D eigenvalue weighted by atomic mass is 10.1. The van der Waals surface area contributed by atoms with Crippen molar-refractivity contribution in [1.82, 2.24) is 4.57 Å². The lowest BCUT2D eigenvalue weighted by molar-refractivity contribution is 0.142. The molecule has 0 saturated heterocycles. The van der Waals surface area contributed by atoms with Crippen LogP contribution in [-0.2, 0) is 17.7 Å². The van der Waals surface area contributed by atoms with E-state index in [2.05, 4.69) is 35.0 Å². The van der Waals surface area contributed by atoms with E-state index in [4.69, 9.17) is 10.5 Å². The van der Waals surface area contributed by atoms with Gasteiger partial charge in [-0.25, -0.2) is 0 Å². The number of para-hydroxylation sites is 1. The molecule has 0 saturated carbocycles. The molecule has 0 radical (unpaired) electrons. The summed E-state index contributed by atoms with van der Waals surface area (Å²) in [5.41, 5.74) is 8.33. The summed E-state index contributed by atoms with van der Waals surface area (Å²) in [6, 6.07) is 8.54. The molecule has 3 heteroatoms. The largest absolute Gasteiger partial charge is 0.382 e. The van der Waals surface area contributed by atoms with Crippen molar-refractivity contribution in [3.63, 3.8) is 0 Å². The lowest BCUT2D eigenvalue weighted by Crippen LogP contribution is -2.03. The number of aryl methyl sites for hydroxylation is 1. The van der Waals surface area contributed by atoms with Crippen LogP contribution in [0.1, 0.15) is 18.9 Å². The van der Waals surface area contributed by atoms with Crippen LogP contribution < -0.4 is 5.73 Å². The van der Waals surface area contributed by atoms with E-state index in [1.54, 1.807) is 0 Å². The Morgan fingerprint density at radius 1 is 1.28 bits per heavy atom. The van der Waals surface area contributed by atoms with Crippen LogP contribution in [0.25, 0.3) is 10.9 Å². The normalized spacial score (nSPS) is 11.2. The second kappa shape index (κ2) is 6.57. The van der Waals surface area contributed by atoms with Gasteiger partial charge in [-0.1, -0.05) is 18.2 Å². The van der Waals surface area contributed by atoms with E-state index in [1.165, 1.54) is 16.5 Å². The first kappa shape index (κ1) is 13.1. The number of hydrogen-bond acceptors (Lipinski definition) is 2. The summed E-state index contributed by atoms with van der Waals surface area (Å²) < 4.78 is 7.71. The van der Waals surface area contributed by atoms with Gasteiger partial charge in [0.15, 0.2) is 0 Å². The van der Waals surface area contributed by atoms with Crippen LogP contribution in [0.3, 0.4) is 0 Å². The second-order valence-corrected chi connectivity index (χ2v) is 4.45. The smallest absolute Gasteiger partial charge is 0.0483 e. The number of fused-ring (bicyclic) bond motifs is 1. The Kier molecular flexibility index (Phi) is 4.79. The van der Waals surface area contributed by atoms with Gasteiger partial charge in [0, 0.05) is 36.9 Å². The van der Waals surface area contributed by atoms with Gasteiger partial charge in [-0.3, -0.25) is 0 Å². The third-order valence-electron chi connectivity index (χ3n) is 3.18. The molecular weight excluding hydrogens is 224 g/mol. The maximum Gasteiger partial charge on any atom is 0.0483 e. The molecule has 18 heavy (non-hydrogen) atoms. The summed E-state index contributed by atoms with van der Waals surface area (Å²) in [7, 11) is 0. The highest BCUT2D eigenvalue weighted by Crippen LogP contribution is 2.21. The zero-order valence-electron chi connectivity index (χ0n) is 11.1. The fourth-order valence-electron chi connectivity index (χ4n) is 2.34. The zero-order chi connectivity index (χ0) is 12.8. The molecule has 0 aliphatic carbocycles. The van der Waals surface area contributed by atoms with E-state index in [9.17, 15) is 0 Å². The summed E-state index contributed by atoms with van der Waals surface area (Å²) in [4.78, 5) is 0. The van der Waals surface area contributed by atoms with Gasteiger partial charge >= 0.3 is 0 Å². The summed E-state index contributed by atoms with van der Waals surface area (Å²) in [5.74, 6) is 0. The predicted octanol–water partition coefficient (Wildman–Crippen LogP) is 2.57. The standard InChI is InChI=1S/C15H22N2O/c1-2-18-11-5-10-17-12-13(8-9-16)14-6-3-4-7-15(14)17/h3-4,6-7,12H,2,5,8-11,16H2,1H3. The van der Waals surface area contributed by atoms with E-state index in [0.717, 1.165) is 32.6 Å². The van der Waals surface area contributed by atoms with Crippen LogP contribution in [-0.4, -0.2) is 24.3 Å². The molecule has 3 nitrogen and oxygen atoms in total. The minimum atomic E-state index is 0.701. The quantitative estimate of drug-likeness (QED) is 0.763. The van der Waals surface area contributed by atoms with Gasteiger partial charge in [-0.15, -0.1) is 0 Å². The average molecular weight is 246 g/mol. The minimum absolute atomic E-state index is 0.701. The Balaban J connectivity index is 2.16. The molecular formula is C15H22N2O. The van der Waals surface area contributed by atoms with Gasteiger partial charge < -0.3 is 15.0 Å². The number of benzene rings is 1. The molecule has 98 valence electrons. The summed E-state index contributed by atoms with van der Waals surface area (Å²) in [6.45, 7) is 5.36. The highest BCUT2D eigenvalue weighted by Gasteiger charge is 2.06. The molecule has 0 atom stereocenters. The van der Waals surface area contributed by atoms with E-state index < -0.39 is 0 Å². The number of aromatic nitrogens is 1. The number of nitrogens with two attached hydrogens (primary N) is 1. The van der Waals surface area contributed by atoms with E-state index >= 15 is 0 Å². The molecule has 0 amide bonds. The molecule has 0 spiro atoms. The Hall–Kier alpha value is -1.32. The van der Waals surface area contributed by atoms with Gasteiger partial charge in [-0.2, -0.15) is 0 Å². The highest BCUT2D eigenvalue weighted by molar-refractivity contribution is 5.84. The minimum Gasteiger partial charge on any atom is -0.382 e. The molecule has 0 unspecified atom stereocenters. The van der Waals surface area contributed by atoms with Crippen LogP contribution >= 0.6 is 0 Å². The second-order valence-electron chi connectivity index (χ2n) is 4.45. The monoisotopic (exact) mass is 246 g/mol. The number of rotatable bonds is 7. The maximum atomic E-state index is 5.67. The molecule has 0 fully saturated rings. The molecule has 0 bridgehead atoms. The molecule has 2 rings (SSSR count). The van der Waals surface area contributed by atoms with Gasteiger partial charge in [0.2, 0.25) is 0 Å². The molecule has 1 heterocycles. The first-order valence-electron chi connectivity index (χ1n) is 6.71. The van der Waals surface area contributed by atoms with Crippen molar-refractivity contribution in [1.29, 1.82) is 0 Å². The number of hydrogen-bond donors (Lipinski definition) is 1. The fourth-order valence-corrected chi connectivity index (χ4v) is 2.34. The van der Waals surface area contributed by atoms with E-state index in [0.29, 0.717) is 6.54 Å². The van der Waals surface area contributed by atoms with E-state index in [-0.39, 0.29) is 0 Å². The van der Waals surface area contributed by atoms with Gasteiger partial charge in [0.05, 0.1) is 0 Å². The van der Waals surface area contributed by atoms with Gasteiger partial charge in [0.1, 0.15) is 0 Å². The Morgan fingerprint density at radius 2 is 2.11 bits per heavy atom. The molecule has 1 aromatic carbocycles. The molecule has 2 N–H and O–H groups in total. The number of ether oxygens (including phenoxy) is 1. The van der Waals surface area contributed by atoms with Crippen LogP contribution in [0, 0.1) is 0 Å². The molecule has 1 aromatic heterocycles. The van der Waals surface area contributed by atoms with Crippen LogP contribution in [0.2, 0.25) is 0 Å². The summed E-state index contributed by atoms with van der Waals surface area (Å²) in [6.07, 6.45) is 4.23. The topological polar surface area (TPSA) is 40.2 Å². The molecule has 0 aliphatic heterocycles. The summed E-state index contributed by atoms with van der Waals surface area (Å²) in [5, 5.41) is 1.33. The van der Waals surface area contributed by atoms with Crippen molar-refractivity contribution in [3.8, 4) is 0 Å². The van der Waals surface area contributed by atoms with Crippen molar-refractivity contribution in [3.05, 3.63) is 36.0 Å². The van der Waals surface area contributed by atoms with Crippen LogP contribution in [0.5, 0.6) is 0 Å². The SMILES string of the molecule is CCOCCCn1cc(CCN)c2ccccc21. The average Bonchev–Trinajstić information content (AvgIpc) is 2.74. The Bertz CT molecular complexity index is 490. The van der Waals surface area contributed by atoms with Crippen LogP contribution in [0.4, 0.5) is 0 Å². The van der Waals surface area contributed by atoms with Crippen molar-refractivity contribution < 1.29 is 4.74 Å².